The Kier molecular flexibility index (Phi) is 7.94. The zero-order chi connectivity index (χ0) is 23.3. The van der Waals surface area contributed by atoms with Gasteiger partial charge in [-0.2, -0.15) is 0 Å². The van der Waals surface area contributed by atoms with Crippen LogP contribution in [-0.4, -0.2) is 29.5 Å². The van der Waals surface area contributed by atoms with Crippen molar-refractivity contribution < 1.29 is 0 Å². The molecular weight excluding hydrogens is 460 g/mol. The fourth-order valence-electron chi connectivity index (χ4n) is 5.44. The van der Waals surface area contributed by atoms with Crippen LogP contribution in [0.25, 0.3) is 0 Å². The molecule has 8 heteroatoms. The van der Waals surface area contributed by atoms with Gasteiger partial charge in [-0.3, -0.25) is 0 Å². The van der Waals surface area contributed by atoms with E-state index < -0.39 is 0 Å². The van der Waals surface area contributed by atoms with Gasteiger partial charge in [-0.05, 0) is 50.7 Å². The fourth-order valence-corrected chi connectivity index (χ4v) is 7.46. The molecule has 0 spiro atoms. The van der Waals surface area contributed by atoms with E-state index in [-0.39, 0.29) is 0 Å². The molecule has 3 aromatic rings. The molecule has 5 rings (SSSR count). The molecule has 2 aliphatic carbocycles. The molecule has 0 saturated heterocycles. The molecule has 34 heavy (non-hydrogen) atoms. The molecule has 0 N–H and O–H groups in total. The van der Waals surface area contributed by atoms with Gasteiger partial charge in [-0.15, -0.1) is 20.4 Å². The van der Waals surface area contributed by atoms with Crippen molar-refractivity contribution in [3.8, 4) is 0 Å². The van der Waals surface area contributed by atoms with Gasteiger partial charge in [0, 0.05) is 23.6 Å². The first-order chi connectivity index (χ1) is 16.7. The molecule has 1 aromatic carbocycles. The molecule has 0 aliphatic heterocycles. The first-order valence-corrected chi connectivity index (χ1v) is 14.8. The number of benzene rings is 1. The van der Waals surface area contributed by atoms with E-state index in [4.69, 9.17) is 0 Å². The Labute approximate surface area is 211 Å². The normalized spacial score (nSPS) is 17.9. The third kappa shape index (κ3) is 5.54. The molecule has 2 aliphatic rings. The number of nitrogens with zero attached hydrogens (tertiary/aromatic N) is 6. The molecule has 2 heterocycles. The van der Waals surface area contributed by atoms with Crippen LogP contribution in [-0.2, 0) is 11.5 Å². The van der Waals surface area contributed by atoms with Crippen molar-refractivity contribution in [3.05, 3.63) is 47.0 Å². The summed E-state index contributed by atoms with van der Waals surface area (Å²) in [6.45, 7) is 4.18. The van der Waals surface area contributed by atoms with Gasteiger partial charge in [0.2, 0.25) is 0 Å². The molecule has 2 fully saturated rings. The molecule has 6 nitrogen and oxygen atoms in total. The van der Waals surface area contributed by atoms with E-state index in [1.807, 2.05) is 23.5 Å². The number of hydrogen-bond donors (Lipinski definition) is 0. The molecule has 2 aromatic heterocycles. The molecule has 0 atom stereocenters. The minimum Gasteiger partial charge on any atom is -0.303 e. The zero-order valence-corrected chi connectivity index (χ0v) is 22.1. The Morgan fingerprint density at radius 1 is 0.618 bits per heavy atom. The number of aryl methyl sites for hydroxylation is 2. The predicted molar refractivity (Wildman–Crippen MR) is 139 cm³/mol. The molecule has 2 saturated carbocycles. The summed E-state index contributed by atoms with van der Waals surface area (Å²) >= 11 is 3.63. The highest BCUT2D eigenvalue weighted by Gasteiger charge is 2.22. The smallest absolute Gasteiger partial charge is 0.191 e. The average molecular weight is 497 g/mol. The van der Waals surface area contributed by atoms with Gasteiger partial charge in [0.1, 0.15) is 11.6 Å². The Morgan fingerprint density at radius 3 is 1.38 bits per heavy atom. The highest BCUT2D eigenvalue weighted by Crippen LogP contribution is 2.35. The lowest BCUT2D eigenvalue weighted by molar-refractivity contribution is 0.332. The predicted octanol–water partition coefficient (Wildman–Crippen LogP) is 7.08. The fraction of sp³-hybridized carbons (Fsp3) is 0.615. The summed E-state index contributed by atoms with van der Waals surface area (Å²) in [5, 5.41) is 19.9. The SMILES string of the molecule is Cc1nnc(SCc2ccc(CSc3nnc(C)n3C3CCCCC3)cc2)n1C1CCCCC1. The first-order valence-electron chi connectivity index (χ1n) is 12.9. The minimum absolute atomic E-state index is 0.574. The number of aromatic nitrogens is 6. The van der Waals surface area contributed by atoms with Crippen LogP contribution in [0.2, 0.25) is 0 Å². The highest BCUT2D eigenvalue weighted by molar-refractivity contribution is 7.98. The topological polar surface area (TPSA) is 61.4 Å². The van der Waals surface area contributed by atoms with Crippen molar-refractivity contribution in [2.45, 2.75) is 112 Å². The Balaban J connectivity index is 1.17. The summed E-state index contributed by atoms with van der Waals surface area (Å²) in [6, 6.07) is 10.2. The van der Waals surface area contributed by atoms with E-state index >= 15 is 0 Å². The van der Waals surface area contributed by atoms with E-state index in [0.29, 0.717) is 12.1 Å². The van der Waals surface area contributed by atoms with Crippen LogP contribution < -0.4 is 0 Å². The molecule has 0 unspecified atom stereocenters. The van der Waals surface area contributed by atoms with Gasteiger partial charge in [-0.25, -0.2) is 0 Å². The summed E-state index contributed by atoms with van der Waals surface area (Å²) < 4.78 is 4.78. The quantitative estimate of drug-likeness (QED) is 0.311. The first kappa shape index (κ1) is 23.9. The van der Waals surface area contributed by atoms with E-state index in [9.17, 15) is 0 Å². The number of hydrogen-bond acceptors (Lipinski definition) is 6. The van der Waals surface area contributed by atoms with E-state index in [1.54, 1.807) is 0 Å². The molecular formula is C26H36N6S2. The lowest BCUT2D eigenvalue weighted by atomic mass is 9.95. The lowest BCUT2D eigenvalue weighted by Crippen LogP contribution is -2.15. The maximum atomic E-state index is 4.49. The van der Waals surface area contributed by atoms with E-state index in [1.165, 1.54) is 75.3 Å². The Morgan fingerprint density at radius 2 is 1.00 bits per heavy atom. The number of rotatable bonds is 8. The van der Waals surface area contributed by atoms with Gasteiger partial charge in [0.15, 0.2) is 10.3 Å². The molecule has 0 radical (unpaired) electrons. The van der Waals surface area contributed by atoms with Crippen LogP contribution >= 0.6 is 23.5 Å². The van der Waals surface area contributed by atoms with Gasteiger partial charge >= 0.3 is 0 Å². The summed E-state index contributed by atoms with van der Waals surface area (Å²) in [5.74, 6) is 3.96. The van der Waals surface area contributed by atoms with Gasteiger partial charge in [0.25, 0.3) is 0 Å². The maximum Gasteiger partial charge on any atom is 0.191 e. The summed E-state index contributed by atoms with van der Waals surface area (Å²) in [5.41, 5.74) is 2.66. The highest BCUT2D eigenvalue weighted by atomic mass is 32.2. The van der Waals surface area contributed by atoms with E-state index in [0.717, 1.165) is 33.5 Å². The number of thioether (sulfide) groups is 2. The largest absolute Gasteiger partial charge is 0.303 e. The van der Waals surface area contributed by atoms with Gasteiger partial charge in [-0.1, -0.05) is 86.3 Å². The molecule has 0 amide bonds. The second-order valence-corrected chi connectivity index (χ2v) is 11.7. The van der Waals surface area contributed by atoms with Crippen LogP contribution in [0.3, 0.4) is 0 Å². The lowest BCUT2D eigenvalue weighted by Gasteiger charge is -2.25. The van der Waals surface area contributed by atoms with Crippen LogP contribution in [0.1, 0.15) is 99.1 Å². The molecule has 182 valence electrons. The summed E-state index contributed by atoms with van der Waals surface area (Å²) in [7, 11) is 0. The third-order valence-electron chi connectivity index (χ3n) is 7.31. The molecule has 0 bridgehead atoms. The summed E-state index contributed by atoms with van der Waals surface area (Å²) in [6.07, 6.45) is 13.0. The van der Waals surface area contributed by atoms with E-state index in [2.05, 4.69) is 67.6 Å². The van der Waals surface area contributed by atoms with Crippen LogP contribution in [0, 0.1) is 13.8 Å². The Hall–Kier alpha value is -1.80. The van der Waals surface area contributed by atoms with Crippen LogP contribution in [0.5, 0.6) is 0 Å². The van der Waals surface area contributed by atoms with Gasteiger partial charge < -0.3 is 9.13 Å². The average Bonchev–Trinajstić information content (AvgIpc) is 3.44. The maximum absolute atomic E-state index is 4.49. The van der Waals surface area contributed by atoms with Crippen molar-refractivity contribution in [3.63, 3.8) is 0 Å². The van der Waals surface area contributed by atoms with Crippen LogP contribution in [0.4, 0.5) is 0 Å². The van der Waals surface area contributed by atoms with Crippen molar-refractivity contribution in [2.24, 2.45) is 0 Å². The van der Waals surface area contributed by atoms with Crippen LogP contribution in [0.15, 0.2) is 34.6 Å². The second kappa shape index (κ2) is 11.3. The second-order valence-electron chi connectivity index (χ2n) is 9.78. The monoisotopic (exact) mass is 496 g/mol. The van der Waals surface area contributed by atoms with Crippen molar-refractivity contribution in [1.82, 2.24) is 29.5 Å². The minimum atomic E-state index is 0.574. The summed E-state index contributed by atoms with van der Waals surface area (Å²) in [4.78, 5) is 0. The zero-order valence-electron chi connectivity index (χ0n) is 20.4. The van der Waals surface area contributed by atoms with Crippen molar-refractivity contribution in [1.29, 1.82) is 0 Å². The van der Waals surface area contributed by atoms with Crippen molar-refractivity contribution >= 4 is 23.5 Å². The third-order valence-corrected chi connectivity index (χ3v) is 9.34. The van der Waals surface area contributed by atoms with Gasteiger partial charge in [0.05, 0.1) is 0 Å². The van der Waals surface area contributed by atoms with Crippen molar-refractivity contribution in [2.75, 3.05) is 0 Å². The Bertz CT molecular complexity index is 976. The standard InChI is InChI=1S/C26H36N6S2/c1-19-27-29-25(31(19)23-9-5-3-6-10-23)33-17-21-13-15-22(16-14-21)18-34-26-30-28-20(2)32(26)24-11-7-4-8-12-24/h13-16,23-24H,3-12,17-18H2,1-2H3.